The lowest BCUT2D eigenvalue weighted by Crippen LogP contribution is -2.70. The van der Waals surface area contributed by atoms with Crippen LogP contribution in [0.5, 0.6) is 0 Å². The Morgan fingerprint density at radius 2 is 1.40 bits per heavy atom. The smallest absolute Gasteiger partial charge is 0.411 e. The van der Waals surface area contributed by atoms with Crippen LogP contribution >= 0.6 is 0 Å². The molecule has 4 aromatic carbocycles. The van der Waals surface area contributed by atoms with E-state index in [0.29, 0.717) is 5.69 Å². The number of cyclic esters (lactones) is 1. The van der Waals surface area contributed by atoms with E-state index in [2.05, 4.69) is 36.3 Å². The van der Waals surface area contributed by atoms with Gasteiger partial charge in [0, 0.05) is 0 Å². The van der Waals surface area contributed by atoms with Crippen LogP contribution in [-0.4, -0.2) is 94.9 Å². The molecule has 0 bridgehead atoms. The quantitative estimate of drug-likeness (QED) is 0.158. The first-order valence-corrected chi connectivity index (χ1v) is 21.1. The fourth-order valence-electron chi connectivity index (χ4n) is 7.34. The van der Waals surface area contributed by atoms with Crippen molar-refractivity contribution in [3.05, 3.63) is 127 Å². The Kier molecular flexibility index (Phi) is 11.0. The second-order valence-electron chi connectivity index (χ2n) is 14.4. The number of ether oxygens (including phenoxy) is 1. The van der Waals surface area contributed by atoms with Crippen molar-refractivity contribution in [1.82, 2.24) is 25.1 Å². The van der Waals surface area contributed by atoms with Crippen molar-refractivity contribution in [2.45, 2.75) is 68.1 Å². The van der Waals surface area contributed by atoms with Crippen LogP contribution in [0.15, 0.2) is 126 Å². The molecular weight excluding hydrogens is 711 g/mol. The zero-order valence-corrected chi connectivity index (χ0v) is 32.0. The topological polar surface area (TPSA) is 157 Å². The molecule has 4 atom stereocenters. The fraction of sp³-hybridized carbons (Fsp3) is 0.333. The number of carbonyl (C=O) groups excluding carboxylic acids is 1. The first kappa shape index (κ1) is 38.0. The number of amides is 1. The third-order valence-corrected chi connectivity index (χ3v) is 16.6. The van der Waals surface area contributed by atoms with Crippen molar-refractivity contribution in [3.8, 4) is 5.69 Å². The average Bonchev–Trinajstić information content (AvgIpc) is 3.81. The van der Waals surface area contributed by atoms with Crippen molar-refractivity contribution < 1.29 is 32.6 Å². The molecule has 1 aromatic heterocycles. The molecule has 6 rings (SSSR count). The monoisotopic (exact) mass is 755 g/mol. The van der Waals surface area contributed by atoms with Gasteiger partial charge in [-0.3, -0.25) is 4.90 Å². The summed E-state index contributed by atoms with van der Waals surface area (Å²) in [4.78, 5) is 15.2. The maximum atomic E-state index is 13.8. The number of aliphatic hydroxyl groups is 2. The van der Waals surface area contributed by atoms with Crippen LogP contribution in [0.3, 0.4) is 0 Å². The summed E-state index contributed by atoms with van der Waals surface area (Å²) in [5, 5.41) is 36.4. The van der Waals surface area contributed by atoms with Crippen LogP contribution in [0.4, 0.5) is 4.79 Å². The zero-order chi connectivity index (χ0) is 37.9. The standard InChI is InChI=1S/C39H45N5O7SSi/c1-29(30-17-9-5-10-18-30)43-37(47)50-27-39(43,28-51-53(38(2,3)4,32-21-13-7-14-22-32)33-23-15-8-16-24-33)35(46)34(45)25-26-52(48,49)36-40-41-42-44(36)31-19-11-6-12-20-31/h5-24,29,34-35,45-46H,25-28H2,1-4H3/t29-,34-,35+,39-/m0/s1. The van der Waals surface area contributed by atoms with E-state index in [1.165, 1.54) is 4.90 Å². The van der Waals surface area contributed by atoms with Gasteiger partial charge in [-0.2, -0.15) is 4.68 Å². The van der Waals surface area contributed by atoms with Gasteiger partial charge in [-0.1, -0.05) is 135 Å². The number of tetrazole rings is 1. The van der Waals surface area contributed by atoms with E-state index in [1.54, 1.807) is 30.3 Å². The highest BCUT2D eigenvalue weighted by atomic mass is 32.2. The normalized spacial score (nSPS) is 18.4. The molecular formula is C39H45N5O7SSi. The Morgan fingerprint density at radius 1 is 0.868 bits per heavy atom. The second-order valence-corrected chi connectivity index (χ2v) is 20.7. The Hall–Kier alpha value is -4.73. The van der Waals surface area contributed by atoms with E-state index in [-0.39, 0.29) is 13.2 Å². The van der Waals surface area contributed by atoms with Crippen LogP contribution in [0.1, 0.15) is 45.7 Å². The molecule has 278 valence electrons. The van der Waals surface area contributed by atoms with Gasteiger partial charge in [0.2, 0.25) is 9.84 Å². The molecule has 5 aromatic rings. The average molecular weight is 756 g/mol. The number of aromatic nitrogens is 4. The summed E-state index contributed by atoms with van der Waals surface area (Å²) in [6.07, 6.45) is -4.41. The van der Waals surface area contributed by atoms with Crippen molar-refractivity contribution in [2.75, 3.05) is 19.0 Å². The summed E-state index contributed by atoms with van der Waals surface area (Å²) >= 11 is 0. The van der Waals surface area contributed by atoms with Crippen molar-refractivity contribution in [1.29, 1.82) is 0 Å². The highest BCUT2D eigenvalue weighted by Gasteiger charge is 2.59. The van der Waals surface area contributed by atoms with Gasteiger partial charge < -0.3 is 19.4 Å². The molecule has 0 aliphatic carbocycles. The lowest BCUT2D eigenvalue weighted by Gasteiger charge is -2.48. The number of para-hydroxylation sites is 1. The van der Waals surface area contributed by atoms with E-state index in [0.717, 1.165) is 20.6 Å². The highest BCUT2D eigenvalue weighted by molar-refractivity contribution is 7.91. The largest absolute Gasteiger partial charge is 0.447 e. The van der Waals surface area contributed by atoms with E-state index < -0.39 is 70.4 Å². The van der Waals surface area contributed by atoms with E-state index in [9.17, 15) is 23.4 Å². The van der Waals surface area contributed by atoms with Crippen LogP contribution in [0.25, 0.3) is 5.69 Å². The Labute approximate surface area is 311 Å². The molecule has 0 unspecified atom stereocenters. The van der Waals surface area contributed by atoms with Gasteiger partial charge in [0.25, 0.3) is 13.5 Å². The molecule has 0 radical (unpaired) electrons. The third-order valence-electron chi connectivity index (χ3n) is 10.1. The van der Waals surface area contributed by atoms with Gasteiger partial charge in [0.1, 0.15) is 18.2 Å². The second kappa shape index (κ2) is 15.3. The molecule has 0 spiro atoms. The Bertz CT molecular complexity index is 2040. The van der Waals surface area contributed by atoms with Gasteiger partial charge in [0.15, 0.2) is 0 Å². The van der Waals surface area contributed by atoms with Gasteiger partial charge in [-0.05, 0) is 56.9 Å². The summed E-state index contributed by atoms with van der Waals surface area (Å²) in [5.74, 6) is -0.590. The lowest BCUT2D eigenvalue weighted by molar-refractivity contribution is -0.0940. The first-order valence-electron chi connectivity index (χ1n) is 17.5. The molecule has 1 fully saturated rings. The molecule has 1 amide bonds. The first-order chi connectivity index (χ1) is 25.3. The molecule has 1 aliphatic heterocycles. The molecule has 12 nitrogen and oxygen atoms in total. The minimum Gasteiger partial charge on any atom is -0.447 e. The Morgan fingerprint density at radius 3 is 1.94 bits per heavy atom. The third kappa shape index (κ3) is 7.29. The molecule has 0 saturated carbocycles. The number of carbonyl (C=O) groups is 1. The fourth-order valence-corrected chi connectivity index (χ4v) is 13.3. The molecule has 2 N–H and O–H groups in total. The minimum atomic E-state index is -4.16. The number of benzene rings is 4. The SMILES string of the molecule is C[C@@H](c1ccccc1)N1C(=O)OC[C@]1(CO[Si](c1ccccc1)(c1ccccc1)C(C)(C)C)[C@H](O)[C@@H](O)CCS(=O)(=O)c1nnnn1-c1ccccc1. The summed E-state index contributed by atoms with van der Waals surface area (Å²) in [5.41, 5.74) is -0.407. The van der Waals surface area contributed by atoms with Gasteiger partial charge >= 0.3 is 6.09 Å². The van der Waals surface area contributed by atoms with Crippen molar-refractivity contribution in [3.63, 3.8) is 0 Å². The summed E-state index contributed by atoms with van der Waals surface area (Å²) in [6, 6.07) is 37.2. The number of aliphatic hydroxyl groups excluding tert-OH is 2. The Balaban J connectivity index is 1.39. The summed E-state index contributed by atoms with van der Waals surface area (Å²) in [6.45, 7) is 7.65. The number of rotatable bonds is 14. The minimum absolute atomic E-state index is 0.222. The summed E-state index contributed by atoms with van der Waals surface area (Å²) in [7, 11) is -7.40. The van der Waals surface area contributed by atoms with Crippen LogP contribution in [0, 0.1) is 0 Å². The van der Waals surface area contributed by atoms with Gasteiger partial charge in [-0.25, -0.2) is 13.2 Å². The molecule has 1 saturated heterocycles. The van der Waals surface area contributed by atoms with Crippen LogP contribution in [-0.2, 0) is 19.0 Å². The van der Waals surface area contributed by atoms with Crippen molar-refractivity contribution in [2.24, 2.45) is 0 Å². The maximum absolute atomic E-state index is 13.8. The van der Waals surface area contributed by atoms with E-state index >= 15 is 0 Å². The zero-order valence-electron chi connectivity index (χ0n) is 30.2. The highest BCUT2D eigenvalue weighted by Crippen LogP contribution is 2.42. The molecule has 53 heavy (non-hydrogen) atoms. The number of sulfone groups is 1. The van der Waals surface area contributed by atoms with Gasteiger partial charge in [-0.15, -0.1) is 0 Å². The lowest BCUT2D eigenvalue weighted by atomic mass is 9.86. The molecule has 14 heteroatoms. The number of nitrogens with zero attached hydrogens (tertiary/aromatic N) is 5. The number of hydrogen-bond donors (Lipinski definition) is 2. The van der Waals surface area contributed by atoms with E-state index in [1.807, 2.05) is 97.9 Å². The molecule has 2 heterocycles. The number of hydrogen-bond acceptors (Lipinski definition) is 10. The molecule has 1 aliphatic rings. The van der Waals surface area contributed by atoms with E-state index in [4.69, 9.17) is 9.16 Å². The van der Waals surface area contributed by atoms with Crippen LogP contribution < -0.4 is 10.4 Å². The van der Waals surface area contributed by atoms with Crippen LogP contribution in [0.2, 0.25) is 5.04 Å². The predicted molar refractivity (Wildman–Crippen MR) is 202 cm³/mol. The van der Waals surface area contributed by atoms with Crippen molar-refractivity contribution >= 4 is 34.6 Å². The summed E-state index contributed by atoms with van der Waals surface area (Å²) < 4.78 is 41.4. The van der Waals surface area contributed by atoms with Gasteiger partial charge in [0.05, 0.1) is 30.2 Å². The maximum Gasteiger partial charge on any atom is 0.411 e. The predicted octanol–water partition coefficient (Wildman–Crippen LogP) is 4.08.